The van der Waals surface area contributed by atoms with Crippen molar-refractivity contribution in [2.45, 2.75) is 96.9 Å². The Morgan fingerprint density at radius 3 is 2.40 bits per heavy atom. The highest BCUT2D eigenvalue weighted by Gasteiger charge is 2.39. The third-order valence-electron chi connectivity index (χ3n) is 9.13. The Morgan fingerprint density at radius 2 is 1.74 bits per heavy atom. The molecule has 0 saturated carbocycles. The Hall–Kier alpha value is -3.04. The summed E-state index contributed by atoms with van der Waals surface area (Å²) in [5.74, 6) is 2.33. The molecular formula is C34H53N5O3Si. The molecule has 3 heterocycles. The molecule has 2 aromatic heterocycles. The van der Waals surface area contributed by atoms with Gasteiger partial charge in [-0.2, -0.15) is 0 Å². The van der Waals surface area contributed by atoms with Gasteiger partial charge in [0, 0.05) is 37.3 Å². The molecule has 0 aliphatic carbocycles. The molecule has 0 unspecified atom stereocenters. The summed E-state index contributed by atoms with van der Waals surface area (Å²) < 4.78 is 17.8. The van der Waals surface area contributed by atoms with Crippen LogP contribution in [-0.2, 0) is 11.0 Å². The minimum Gasteiger partial charge on any atom is -0.497 e. The number of hydrogen-bond acceptors (Lipinski definition) is 8. The van der Waals surface area contributed by atoms with Gasteiger partial charge >= 0.3 is 0 Å². The lowest BCUT2D eigenvalue weighted by Gasteiger charge is -2.41. The Bertz CT molecular complexity index is 1370. The number of unbranched alkanes of at least 4 members (excludes halogenated alkanes) is 1. The predicted molar refractivity (Wildman–Crippen MR) is 183 cm³/mol. The number of ether oxygens (including phenoxy) is 2. The van der Waals surface area contributed by atoms with Crippen molar-refractivity contribution in [2.24, 2.45) is 0 Å². The van der Waals surface area contributed by atoms with Crippen molar-refractivity contribution in [3.63, 3.8) is 0 Å². The molecule has 8 nitrogen and oxygen atoms in total. The summed E-state index contributed by atoms with van der Waals surface area (Å²) >= 11 is 0. The van der Waals surface area contributed by atoms with Gasteiger partial charge in [-0.25, -0.2) is 4.98 Å². The summed E-state index contributed by atoms with van der Waals surface area (Å²) in [5, 5.41) is 7.63. The van der Waals surface area contributed by atoms with Gasteiger partial charge in [0.15, 0.2) is 8.32 Å². The Labute approximate surface area is 260 Å². The molecule has 1 fully saturated rings. The van der Waals surface area contributed by atoms with E-state index in [0.29, 0.717) is 13.2 Å². The lowest BCUT2D eigenvalue weighted by molar-refractivity contribution is 0.214. The maximum absolute atomic E-state index is 6.80. The molecule has 4 rings (SSSR count). The standard InChI is InChI=1S/C34H53N5O3Si/c1-10-11-16-34(5,24-42-43(8,9)33(2,3)4)38-29-21-31(35-22-25-14-15-27(40-6)20-30(25)41-7)37-28-19-26(23-36-32(28)29)39-17-12-13-18-39/h14-15,19-21,23H,10-13,16-18,22,24H2,1-9H3,(H2,35,37,38)/t34-/m1/s1. The van der Waals surface area contributed by atoms with E-state index in [2.05, 4.69) is 75.4 Å². The lowest BCUT2D eigenvalue weighted by atomic mass is 9.95. The average Bonchev–Trinajstić information content (AvgIpc) is 3.52. The second-order valence-corrected chi connectivity index (χ2v) is 18.5. The number of benzene rings is 1. The van der Waals surface area contributed by atoms with E-state index >= 15 is 0 Å². The van der Waals surface area contributed by atoms with Gasteiger partial charge in [0.05, 0.1) is 49.5 Å². The van der Waals surface area contributed by atoms with Crippen LogP contribution in [0.2, 0.25) is 18.1 Å². The first-order chi connectivity index (χ1) is 20.4. The van der Waals surface area contributed by atoms with E-state index in [0.717, 1.165) is 77.6 Å². The molecule has 43 heavy (non-hydrogen) atoms. The first kappa shape index (κ1) is 32.9. The van der Waals surface area contributed by atoms with Gasteiger partial charge in [0.25, 0.3) is 0 Å². The highest BCUT2D eigenvalue weighted by atomic mass is 28.4. The number of hydrogen-bond donors (Lipinski definition) is 2. The molecule has 9 heteroatoms. The number of nitrogens with zero attached hydrogens (tertiary/aromatic N) is 3. The van der Waals surface area contributed by atoms with Crippen molar-refractivity contribution in [3.8, 4) is 11.5 Å². The summed E-state index contributed by atoms with van der Waals surface area (Å²) in [6.07, 6.45) is 7.68. The molecule has 0 amide bonds. The SMILES string of the molecule is CCCC[C@](C)(CO[Si](C)(C)C(C)(C)C)Nc1cc(NCc2ccc(OC)cc2OC)nc2cc(N3CCCC3)cnc12. The third-order valence-corrected chi connectivity index (χ3v) is 13.6. The van der Waals surface area contributed by atoms with Gasteiger partial charge < -0.3 is 29.4 Å². The average molecular weight is 608 g/mol. The van der Waals surface area contributed by atoms with Gasteiger partial charge in [0.2, 0.25) is 0 Å². The topological polar surface area (TPSA) is 80.8 Å². The molecule has 0 spiro atoms. The van der Waals surface area contributed by atoms with Gasteiger partial charge in [-0.3, -0.25) is 4.98 Å². The zero-order chi connectivity index (χ0) is 31.3. The summed E-state index contributed by atoms with van der Waals surface area (Å²) in [6.45, 7) is 19.4. The number of pyridine rings is 2. The largest absolute Gasteiger partial charge is 0.497 e. The Kier molecular flexibility index (Phi) is 10.5. The fourth-order valence-corrected chi connectivity index (χ4v) is 6.35. The summed E-state index contributed by atoms with van der Waals surface area (Å²) in [5.41, 5.74) is 4.63. The molecule has 0 bridgehead atoms. The van der Waals surface area contributed by atoms with Crippen LogP contribution in [0.1, 0.15) is 72.3 Å². The number of aromatic nitrogens is 2. The minimum atomic E-state index is -1.93. The van der Waals surface area contributed by atoms with E-state index in [-0.39, 0.29) is 10.6 Å². The van der Waals surface area contributed by atoms with Gasteiger partial charge in [-0.15, -0.1) is 0 Å². The molecule has 236 valence electrons. The second-order valence-electron chi connectivity index (χ2n) is 13.7. The van der Waals surface area contributed by atoms with E-state index in [1.807, 2.05) is 24.4 Å². The molecule has 1 aliphatic heterocycles. The predicted octanol–water partition coefficient (Wildman–Crippen LogP) is 8.24. The second kappa shape index (κ2) is 13.7. The normalized spacial score (nSPS) is 15.4. The summed E-state index contributed by atoms with van der Waals surface area (Å²) in [6, 6.07) is 10.2. The van der Waals surface area contributed by atoms with Crippen molar-refractivity contribution in [2.75, 3.05) is 49.4 Å². The summed E-state index contributed by atoms with van der Waals surface area (Å²) in [4.78, 5) is 12.4. The quantitative estimate of drug-likeness (QED) is 0.177. The van der Waals surface area contributed by atoms with Crippen LogP contribution in [0.5, 0.6) is 11.5 Å². The zero-order valence-electron chi connectivity index (χ0n) is 27.9. The number of rotatable bonds is 14. The van der Waals surface area contributed by atoms with E-state index in [9.17, 15) is 0 Å². The first-order valence-electron chi connectivity index (χ1n) is 15.8. The lowest BCUT2D eigenvalue weighted by Crippen LogP contribution is -2.48. The van der Waals surface area contributed by atoms with Crippen LogP contribution >= 0.6 is 0 Å². The van der Waals surface area contributed by atoms with Crippen molar-refractivity contribution < 1.29 is 13.9 Å². The van der Waals surface area contributed by atoms with Gasteiger partial charge in [-0.05, 0) is 62.5 Å². The van der Waals surface area contributed by atoms with Crippen molar-refractivity contribution >= 4 is 36.5 Å². The number of methoxy groups -OCH3 is 2. The Balaban J connectivity index is 1.69. The monoisotopic (exact) mass is 607 g/mol. The highest BCUT2D eigenvalue weighted by molar-refractivity contribution is 6.74. The van der Waals surface area contributed by atoms with Crippen LogP contribution in [0.25, 0.3) is 11.0 Å². The van der Waals surface area contributed by atoms with E-state index < -0.39 is 8.32 Å². The van der Waals surface area contributed by atoms with Gasteiger partial charge in [-0.1, -0.05) is 40.5 Å². The van der Waals surface area contributed by atoms with Crippen LogP contribution < -0.4 is 25.0 Å². The van der Waals surface area contributed by atoms with E-state index in [4.69, 9.17) is 23.9 Å². The molecule has 0 radical (unpaired) electrons. The summed E-state index contributed by atoms with van der Waals surface area (Å²) in [7, 11) is 1.42. The van der Waals surface area contributed by atoms with Crippen LogP contribution in [0.4, 0.5) is 17.2 Å². The van der Waals surface area contributed by atoms with Crippen molar-refractivity contribution in [3.05, 3.63) is 42.1 Å². The van der Waals surface area contributed by atoms with Crippen LogP contribution in [-0.4, -0.2) is 57.7 Å². The number of nitrogens with one attached hydrogen (secondary N) is 2. The fourth-order valence-electron chi connectivity index (χ4n) is 5.24. The maximum Gasteiger partial charge on any atom is 0.192 e. The van der Waals surface area contributed by atoms with Crippen LogP contribution in [0.15, 0.2) is 36.5 Å². The molecule has 3 aromatic rings. The van der Waals surface area contributed by atoms with Crippen LogP contribution in [0, 0.1) is 0 Å². The van der Waals surface area contributed by atoms with E-state index in [1.165, 1.54) is 12.8 Å². The molecule has 1 atom stereocenters. The molecule has 1 aliphatic rings. The minimum absolute atomic E-state index is 0.148. The van der Waals surface area contributed by atoms with Gasteiger partial charge in [0.1, 0.15) is 22.8 Å². The van der Waals surface area contributed by atoms with E-state index in [1.54, 1.807) is 14.2 Å². The molecule has 1 aromatic carbocycles. The number of anilines is 3. The molecular weight excluding hydrogens is 554 g/mol. The van der Waals surface area contributed by atoms with Crippen molar-refractivity contribution in [1.29, 1.82) is 0 Å². The maximum atomic E-state index is 6.80. The third kappa shape index (κ3) is 8.12. The first-order valence-corrected chi connectivity index (χ1v) is 18.7. The molecule has 1 saturated heterocycles. The Morgan fingerprint density at radius 1 is 1.00 bits per heavy atom. The van der Waals surface area contributed by atoms with Crippen LogP contribution in [0.3, 0.4) is 0 Å². The highest BCUT2D eigenvalue weighted by Crippen LogP contribution is 2.38. The smallest absolute Gasteiger partial charge is 0.192 e. The fraction of sp³-hybridized carbons (Fsp3) is 0.588. The molecule has 2 N–H and O–H groups in total. The van der Waals surface area contributed by atoms with Crippen molar-refractivity contribution in [1.82, 2.24) is 9.97 Å². The zero-order valence-corrected chi connectivity index (χ0v) is 28.9. The number of fused-ring (bicyclic) bond motifs is 1.